The molecule has 1 fully saturated rings. The van der Waals surface area contributed by atoms with Crippen molar-refractivity contribution in [3.05, 3.63) is 54.1 Å². The van der Waals surface area contributed by atoms with Gasteiger partial charge in [0.2, 0.25) is 5.91 Å². The molecule has 138 valence electrons. The Morgan fingerprint density at radius 3 is 2.62 bits per heavy atom. The van der Waals surface area contributed by atoms with Crippen molar-refractivity contribution in [2.24, 2.45) is 5.92 Å². The van der Waals surface area contributed by atoms with Crippen molar-refractivity contribution in [1.82, 2.24) is 10.2 Å². The van der Waals surface area contributed by atoms with Gasteiger partial charge in [-0.15, -0.1) is 0 Å². The van der Waals surface area contributed by atoms with Gasteiger partial charge in [0.05, 0.1) is 13.0 Å². The second kappa shape index (κ2) is 8.86. The van der Waals surface area contributed by atoms with E-state index in [2.05, 4.69) is 30.4 Å². The van der Waals surface area contributed by atoms with Gasteiger partial charge in [0.25, 0.3) is 0 Å². The summed E-state index contributed by atoms with van der Waals surface area (Å²) in [4.78, 5) is 15.0. The minimum Gasteiger partial charge on any atom is -0.496 e. The van der Waals surface area contributed by atoms with E-state index in [-0.39, 0.29) is 11.8 Å². The highest BCUT2D eigenvalue weighted by atomic mass is 16.5. The van der Waals surface area contributed by atoms with Crippen LogP contribution < -0.4 is 10.1 Å². The molecule has 0 spiro atoms. The fraction of sp³-hybridized carbons (Fsp3) is 0.409. The van der Waals surface area contributed by atoms with Crippen LogP contribution in [0.3, 0.4) is 0 Å². The van der Waals surface area contributed by atoms with Gasteiger partial charge in [-0.3, -0.25) is 4.79 Å². The van der Waals surface area contributed by atoms with Gasteiger partial charge < -0.3 is 15.0 Å². The van der Waals surface area contributed by atoms with Crippen molar-refractivity contribution < 1.29 is 9.53 Å². The van der Waals surface area contributed by atoms with Gasteiger partial charge in [-0.25, -0.2) is 0 Å². The van der Waals surface area contributed by atoms with Crippen LogP contribution in [0.1, 0.15) is 18.9 Å². The second-order valence-corrected chi connectivity index (χ2v) is 6.79. The molecule has 0 radical (unpaired) electrons. The summed E-state index contributed by atoms with van der Waals surface area (Å²) in [7, 11) is 1.70. The van der Waals surface area contributed by atoms with E-state index in [0.717, 1.165) is 55.9 Å². The number of hydrogen-bond acceptors (Lipinski definition) is 3. The molecule has 2 aromatic rings. The third-order valence-corrected chi connectivity index (χ3v) is 4.98. The number of nitrogens with zero attached hydrogens (tertiary/aromatic N) is 1. The molecule has 1 aliphatic heterocycles. The van der Waals surface area contributed by atoms with E-state index in [1.807, 2.05) is 35.2 Å². The van der Waals surface area contributed by atoms with Crippen LogP contribution in [-0.4, -0.2) is 44.1 Å². The summed E-state index contributed by atoms with van der Waals surface area (Å²) < 4.78 is 5.55. The number of amides is 1. The first-order valence-electron chi connectivity index (χ1n) is 9.45. The first-order chi connectivity index (χ1) is 12.7. The molecule has 1 N–H and O–H groups in total. The van der Waals surface area contributed by atoms with Crippen LogP contribution in [0, 0.1) is 5.92 Å². The van der Waals surface area contributed by atoms with Gasteiger partial charge in [-0.2, -0.15) is 0 Å². The third-order valence-electron chi connectivity index (χ3n) is 4.98. The average Bonchev–Trinajstić information content (AvgIpc) is 2.85. The lowest BCUT2D eigenvalue weighted by Crippen LogP contribution is -2.37. The molecule has 1 unspecified atom stereocenters. The van der Waals surface area contributed by atoms with Crippen molar-refractivity contribution in [1.29, 1.82) is 0 Å². The topological polar surface area (TPSA) is 41.6 Å². The van der Waals surface area contributed by atoms with E-state index in [9.17, 15) is 4.79 Å². The van der Waals surface area contributed by atoms with Crippen LogP contribution in [0.2, 0.25) is 0 Å². The van der Waals surface area contributed by atoms with E-state index in [1.54, 1.807) is 7.11 Å². The average molecular weight is 352 g/mol. The fourth-order valence-electron chi connectivity index (χ4n) is 3.69. The molecule has 0 bridgehead atoms. The van der Waals surface area contributed by atoms with Gasteiger partial charge in [-0.05, 0) is 30.0 Å². The maximum atomic E-state index is 13.0. The number of carbonyl (C=O) groups excluding carboxylic acids is 1. The quantitative estimate of drug-likeness (QED) is 0.867. The van der Waals surface area contributed by atoms with Crippen LogP contribution in [0.15, 0.2) is 48.5 Å². The lowest BCUT2D eigenvalue weighted by molar-refractivity contribution is -0.134. The molecule has 0 aromatic heterocycles. The molecule has 1 amide bonds. The number of nitrogens with one attached hydrogen (secondary N) is 1. The van der Waals surface area contributed by atoms with Crippen LogP contribution in [0.4, 0.5) is 0 Å². The van der Waals surface area contributed by atoms with Crippen molar-refractivity contribution >= 4 is 5.91 Å². The molecule has 3 rings (SSSR count). The van der Waals surface area contributed by atoms with E-state index in [1.165, 1.54) is 5.56 Å². The first-order valence-corrected chi connectivity index (χ1v) is 9.45. The summed E-state index contributed by atoms with van der Waals surface area (Å²) in [5, 5.41) is 3.43. The molecule has 0 aliphatic carbocycles. The van der Waals surface area contributed by atoms with E-state index >= 15 is 0 Å². The molecular weight excluding hydrogens is 324 g/mol. The zero-order chi connectivity index (χ0) is 18.4. The maximum Gasteiger partial charge on any atom is 0.227 e. The Kier molecular flexibility index (Phi) is 6.29. The first kappa shape index (κ1) is 18.5. The highest BCUT2D eigenvalue weighted by Gasteiger charge is 2.27. The Morgan fingerprint density at radius 2 is 1.85 bits per heavy atom. The molecule has 4 heteroatoms. The minimum atomic E-state index is -0.0279. The van der Waals surface area contributed by atoms with Gasteiger partial charge >= 0.3 is 0 Å². The van der Waals surface area contributed by atoms with E-state index < -0.39 is 0 Å². The van der Waals surface area contributed by atoms with Crippen molar-refractivity contribution in [2.75, 3.05) is 33.3 Å². The highest BCUT2D eigenvalue weighted by Crippen LogP contribution is 2.33. The molecule has 1 saturated heterocycles. The number of hydrogen-bond donors (Lipinski definition) is 1. The molecule has 1 aliphatic rings. The molecule has 26 heavy (non-hydrogen) atoms. The molecule has 0 saturated carbocycles. The van der Waals surface area contributed by atoms with E-state index in [0.29, 0.717) is 0 Å². The summed E-state index contributed by atoms with van der Waals surface area (Å²) in [6.45, 7) is 5.37. The molecule has 4 nitrogen and oxygen atoms in total. The van der Waals surface area contributed by atoms with Gasteiger partial charge in [0, 0.05) is 31.7 Å². The summed E-state index contributed by atoms with van der Waals surface area (Å²) in [5.41, 5.74) is 3.41. The molecule has 2 aromatic carbocycles. The summed E-state index contributed by atoms with van der Waals surface area (Å²) >= 11 is 0. The van der Waals surface area contributed by atoms with Crippen LogP contribution in [0.5, 0.6) is 5.75 Å². The van der Waals surface area contributed by atoms with Crippen molar-refractivity contribution in [3.8, 4) is 16.9 Å². The number of para-hydroxylation sites is 1. The van der Waals surface area contributed by atoms with Gasteiger partial charge in [0.1, 0.15) is 5.75 Å². The lowest BCUT2D eigenvalue weighted by atomic mass is 9.91. The lowest BCUT2D eigenvalue weighted by Gasteiger charge is -2.24. The van der Waals surface area contributed by atoms with E-state index in [4.69, 9.17) is 4.74 Å². The van der Waals surface area contributed by atoms with Gasteiger partial charge in [-0.1, -0.05) is 49.4 Å². The SMILES string of the molecule is CCCN1CCNCC(Cc2ccccc2-c2ccccc2OC)C1=O. The zero-order valence-corrected chi connectivity index (χ0v) is 15.7. The Balaban J connectivity index is 1.89. The van der Waals surface area contributed by atoms with Crippen molar-refractivity contribution in [2.45, 2.75) is 19.8 Å². The number of rotatable bonds is 6. The summed E-state index contributed by atoms with van der Waals surface area (Å²) in [6, 6.07) is 16.4. The number of carbonyl (C=O) groups is 1. The minimum absolute atomic E-state index is 0.0279. The monoisotopic (exact) mass is 352 g/mol. The molecular formula is C22H28N2O2. The standard InChI is InChI=1S/C22H28N2O2/c1-3-13-24-14-12-23-16-18(22(24)25)15-17-8-4-5-9-19(17)20-10-6-7-11-21(20)26-2/h4-11,18,23H,3,12-16H2,1-2H3. The molecule has 1 atom stereocenters. The largest absolute Gasteiger partial charge is 0.496 e. The smallest absolute Gasteiger partial charge is 0.227 e. The Labute approximate surface area is 156 Å². The molecule has 1 heterocycles. The Hall–Kier alpha value is -2.33. The van der Waals surface area contributed by atoms with Gasteiger partial charge in [0.15, 0.2) is 0 Å². The second-order valence-electron chi connectivity index (χ2n) is 6.79. The number of ether oxygens (including phenoxy) is 1. The van der Waals surface area contributed by atoms with Crippen LogP contribution >= 0.6 is 0 Å². The maximum absolute atomic E-state index is 13.0. The number of methoxy groups -OCH3 is 1. The Bertz CT molecular complexity index is 744. The van der Waals surface area contributed by atoms with Crippen LogP contribution in [0.25, 0.3) is 11.1 Å². The highest BCUT2D eigenvalue weighted by molar-refractivity contribution is 5.81. The Morgan fingerprint density at radius 1 is 1.12 bits per heavy atom. The zero-order valence-electron chi connectivity index (χ0n) is 15.7. The fourth-order valence-corrected chi connectivity index (χ4v) is 3.69. The third kappa shape index (κ3) is 4.07. The predicted octanol–water partition coefficient (Wildman–Crippen LogP) is 3.36. The number of benzene rings is 2. The predicted molar refractivity (Wildman–Crippen MR) is 105 cm³/mol. The van der Waals surface area contributed by atoms with Crippen molar-refractivity contribution in [3.63, 3.8) is 0 Å². The summed E-state index contributed by atoms with van der Waals surface area (Å²) in [5.74, 6) is 1.10. The summed E-state index contributed by atoms with van der Waals surface area (Å²) in [6.07, 6.45) is 1.73. The normalized spacial score (nSPS) is 17.8. The van der Waals surface area contributed by atoms with Crippen LogP contribution in [-0.2, 0) is 11.2 Å².